The van der Waals surface area contributed by atoms with E-state index in [-0.39, 0.29) is 11.0 Å². The smallest absolute Gasteiger partial charge is 0.0700 e. The molecule has 0 bridgehead atoms. The van der Waals surface area contributed by atoms with Gasteiger partial charge in [-0.3, -0.25) is 4.90 Å². The molecule has 0 aromatic carbocycles. The molecule has 0 spiro atoms. The van der Waals surface area contributed by atoms with Gasteiger partial charge in [0.2, 0.25) is 0 Å². The molecule has 124 valence electrons. The summed E-state index contributed by atoms with van der Waals surface area (Å²) in [5, 5.41) is 3.71. The van der Waals surface area contributed by atoms with Gasteiger partial charge in [-0.15, -0.1) is 0 Å². The minimum atomic E-state index is 0.168. The molecule has 0 amide bonds. The highest BCUT2D eigenvalue weighted by Crippen LogP contribution is 2.30. The number of rotatable bonds is 5. The second kappa shape index (κ2) is 7.40. The van der Waals surface area contributed by atoms with Crippen molar-refractivity contribution in [1.82, 2.24) is 10.2 Å². The second-order valence-corrected chi connectivity index (χ2v) is 7.90. The Bertz CT molecular complexity index is 308. The summed E-state index contributed by atoms with van der Waals surface area (Å²) in [6, 6.07) is 0. The lowest BCUT2D eigenvalue weighted by atomic mass is 9.81. The summed E-state index contributed by atoms with van der Waals surface area (Å²) in [5.74, 6) is 0. The van der Waals surface area contributed by atoms with Gasteiger partial charge in [0.05, 0.1) is 19.3 Å². The maximum atomic E-state index is 5.85. The molecule has 21 heavy (non-hydrogen) atoms. The van der Waals surface area contributed by atoms with Crippen LogP contribution in [0.25, 0.3) is 0 Å². The molecule has 2 atom stereocenters. The highest BCUT2D eigenvalue weighted by atomic mass is 16.5. The molecular weight excluding hydrogens is 264 g/mol. The average Bonchev–Trinajstić information content (AvgIpc) is 2.46. The van der Waals surface area contributed by atoms with Crippen LogP contribution in [0.4, 0.5) is 0 Å². The van der Waals surface area contributed by atoms with Crippen molar-refractivity contribution in [2.45, 2.75) is 58.6 Å². The SMILES string of the molecule is CCC1CN(CC2(CNC(C)(C)C)CCCOC2)CCO1. The zero-order valence-corrected chi connectivity index (χ0v) is 14.4. The molecule has 4 nitrogen and oxygen atoms in total. The van der Waals surface area contributed by atoms with Crippen LogP contribution in [0.15, 0.2) is 0 Å². The van der Waals surface area contributed by atoms with E-state index in [1.807, 2.05) is 0 Å². The summed E-state index contributed by atoms with van der Waals surface area (Å²) < 4.78 is 11.7. The third-order valence-electron chi connectivity index (χ3n) is 4.64. The van der Waals surface area contributed by atoms with Crippen LogP contribution in [-0.2, 0) is 9.47 Å². The van der Waals surface area contributed by atoms with Gasteiger partial charge >= 0.3 is 0 Å². The molecule has 2 aliphatic heterocycles. The highest BCUT2D eigenvalue weighted by Gasteiger charge is 2.36. The molecule has 2 fully saturated rings. The monoisotopic (exact) mass is 298 g/mol. The molecule has 0 aromatic heterocycles. The molecule has 1 N–H and O–H groups in total. The third-order valence-corrected chi connectivity index (χ3v) is 4.64. The van der Waals surface area contributed by atoms with Gasteiger partial charge in [-0.1, -0.05) is 6.92 Å². The Balaban J connectivity index is 1.95. The first kappa shape index (κ1) is 17.2. The van der Waals surface area contributed by atoms with E-state index in [1.165, 1.54) is 12.8 Å². The normalized spacial score (nSPS) is 32.3. The zero-order chi connectivity index (χ0) is 15.3. The van der Waals surface area contributed by atoms with Crippen molar-refractivity contribution < 1.29 is 9.47 Å². The van der Waals surface area contributed by atoms with Gasteiger partial charge in [0.25, 0.3) is 0 Å². The molecule has 0 aromatic rings. The Kier molecular flexibility index (Phi) is 6.06. The summed E-state index contributed by atoms with van der Waals surface area (Å²) in [6.07, 6.45) is 3.98. The molecular formula is C17H34N2O2. The van der Waals surface area contributed by atoms with E-state index in [1.54, 1.807) is 0 Å². The van der Waals surface area contributed by atoms with E-state index in [0.717, 1.165) is 52.4 Å². The highest BCUT2D eigenvalue weighted by molar-refractivity contribution is 4.90. The second-order valence-electron chi connectivity index (χ2n) is 7.90. The number of morpholine rings is 1. The van der Waals surface area contributed by atoms with Crippen LogP contribution < -0.4 is 5.32 Å². The topological polar surface area (TPSA) is 33.7 Å². The Morgan fingerprint density at radius 3 is 2.71 bits per heavy atom. The van der Waals surface area contributed by atoms with Gasteiger partial charge in [0.15, 0.2) is 0 Å². The molecule has 2 heterocycles. The van der Waals surface area contributed by atoms with Gasteiger partial charge in [-0.2, -0.15) is 0 Å². The summed E-state index contributed by atoms with van der Waals surface area (Å²) in [7, 11) is 0. The minimum Gasteiger partial charge on any atom is -0.381 e. The molecule has 0 saturated carbocycles. The number of nitrogens with one attached hydrogen (secondary N) is 1. The number of hydrogen-bond acceptors (Lipinski definition) is 4. The Labute approximate surface area is 130 Å². The lowest BCUT2D eigenvalue weighted by Gasteiger charge is -2.44. The lowest BCUT2D eigenvalue weighted by molar-refractivity contribution is -0.0705. The van der Waals surface area contributed by atoms with Gasteiger partial charge in [-0.05, 0) is 40.0 Å². The molecule has 2 aliphatic rings. The fourth-order valence-electron chi connectivity index (χ4n) is 3.33. The van der Waals surface area contributed by atoms with E-state index in [0.29, 0.717) is 6.10 Å². The molecule has 4 heteroatoms. The predicted octanol–water partition coefficient (Wildman–Crippen LogP) is 2.28. The van der Waals surface area contributed by atoms with E-state index < -0.39 is 0 Å². The predicted molar refractivity (Wildman–Crippen MR) is 86.7 cm³/mol. The molecule has 2 unspecified atom stereocenters. The molecule has 2 rings (SSSR count). The van der Waals surface area contributed by atoms with Crippen LogP contribution in [0.5, 0.6) is 0 Å². The number of ether oxygens (including phenoxy) is 2. The Morgan fingerprint density at radius 2 is 2.10 bits per heavy atom. The van der Waals surface area contributed by atoms with Crippen LogP contribution in [0, 0.1) is 5.41 Å². The van der Waals surface area contributed by atoms with Crippen molar-refractivity contribution in [3.8, 4) is 0 Å². The summed E-state index contributed by atoms with van der Waals surface area (Å²) in [5.41, 5.74) is 0.433. The summed E-state index contributed by atoms with van der Waals surface area (Å²) in [6.45, 7) is 16.0. The van der Waals surface area contributed by atoms with Crippen molar-refractivity contribution in [2.24, 2.45) is 5.41 Å². The van der Waals surface area contributed by atoms with E-state index in [9.17, 15) is 0 Å². The third kappa shape index (κ3) is 5.51. The standard InChI is InChI=1S/C17H34N2O2/c1-5-15-11-19(8-10-21-15)13-17(7-6-9-20-14-17)12-18-16(2,3)4/h15,18H,5-14H2,1-4H3. The first-order chi connectivity index (χ1) is 9.92. The average molecular weight is 298 g/mol. The van der Waals surface area contributed by atoms with E-state index >= 15 is 0 Å². The van der Waals surface area contributed by atoms with E-state index in [2.05, 4.69) is 37.9 Å². The van der Waals surface area contributed by atoms with Gasteiger partial charge in [0, 0.05) is 43.7 Å². The Morgan fingerprint density at radius 1 is 1.29 bits per heavy atom. The molecule has 2 saturated heterocycles. The Hall–Kier alpha value is -0.160. The van der Waals surface area contributed by atoms with Crippen LogP contribution >= 0.6 is 0 Å². The largest absolute Gasteiger partial charge is 0.381 e. The van der Waals surface area contributed by atoms with Crippen molar-refractivity contribution in [3.05, 3.63) is 0 Å². The van der Waals surface area contributed by atoms with Crippen LogP contribution in [0.1, 0.15) is 47.0 Å². The van der Waals surface area contributed by atoms with Crippen molar-refractivity contribution in [1.29, 1.82) is 0 Å². The number of nitrogens with zero attached hydrogens (tertiary/aromatic N) is 1. The summed E-state index contributed by atoms with van der Waals surface area (Å²) >= 11 is 0. The van der Waals surface area contributed by atoms with E-state index in [4.69, 9.17) is 9.47 Å². The van der Waals surface area contributed by atoms with Crippen LogP contribution in [0.3, 0.4) is 0 Å². The first-order valence-corrected chi connectivity index (χ1v) is 8.59. The molecule has 0 aliphatic carbocycles. The van der Waals surface area contributed by atoms with Crippen molar-refractivity contribution >= 4 is 0 Å². The van der Waals surface area contributed by atoms with Gasteiger partial charge < -0.3 is 14.8 Å². The first-order valence-electron chi connectivity index (χ1n) is 8.59. The van der Waals surface area contributed by atoms with Gasteiger partial charge in [-0.25, -0.2) is 0 Å². The van der Waals surface area contributed by atoms with Crippen molar-refractivity contribution in [3.63, 3.8) is 0 Å². The molecule has 0 radical (unpaired) electrons. The quantitative estimate of drug-likeness (QED) is 0.844. The van der Waals surface area contributed by atoms with Crippen LogP contribution in [0.2, 0.25) is 0 Å². The lowest BCUT2D eigenvalue weighted by Crippen LogP contribution is -2.55. The van der Waals surface area contributed by atoms with Crippen molar-refractivity contribution in [2.75, 3.05) is 46.0 Å². The number of hydrogen-bond donors (Lipinski definition) is 1. The maximum Gasteiger partial charge on any atom is 0.0700 e. The van der Waals surface area contributed by atoms with Crippen LogP contribution in [-0.4, -0.2) is 62.5 Å². The zero-order valence-electron chi connectivity index (χ0n) is 14.4. The minimum absolute atomic E-state index is 0.168. The fraction of sp³-hybridized carbons (Fsp3) is 1.00. The maximum absolute atomic E-state index is 5.85. The fourth-order valence-corrected chi connectivity index (χ4v) is 3.33. The van der Waals surface area contributed by atoms with Gasteiger partial charge in [0.1, 0.15) is 0 Å². The summed E-state index contributed by atoms with van der Waals surface area (Å²) in [4.78, 5) is 2.59.